The lowest BCUT2D eigenvalue weighted by Gasteiger charge is -2.47. The van der Waals surface area contributed by atoms with Gasteiger partial charge < -0.3 is 4.74 Å². The third kappa shape index (κ3) is 1.83. The molecule has 0 bridgehead atoms. The van der Waals surface area contributed by atoms with E-state index in [4.69, 9.17) is 144 Å². The molecule has 4 aliphatic carbocycles. The summed E-state index contributed by atoms with van der Waals surface area (Å²) in [6.07, 6.45) is 0.449. The van der Waals surface area contributed by atoms with Gasteiger partial charge in [0.15, 0.2) is 9.39 Å². The van der Waals surface area contributed by atoms with Gasteiger partial charge in [0, 0.05) is 11.1 Å². The molecule has 13 heteroatoms. The van der Waals surface area contributed by atoms with Gasteiger partial charge in [-0.3, -0.25) is 0 Å². The molecule has 3 saturated carbocycles. The zero-order valence-corrected chi connectivity index (χ0v) is 21.4. The fourth-order valence-electron chi connectivity index (χ4n) is 4.56. The van der Waals surface area contributed by atoms with Crippen molar-refractivity contribution in [2.24, 2.45) is 0 Å². The Kier molecular flexibility index (Phi) is 4.18. The molecule has 0 N–H and O–H groups in total. The highest BCUT2D eigenvalue weighted by molar-refractivity contribution is 6.70. The maximum absolute atomic E-state index is 6.91. The number of rotatable bonds is 0. The highest BCUT2D eigenvalue weighted by atomic mass is 35.5. The molecular weight excluding hydrogens is 610 g/mol. The van der Waals surface area contributed by atoms with Crippen LogP contribution < -0.4 is 0 Å². The minimum Gasteiger partial charge on any atom is -0.324 e. The van der Waals surface area contributed by atoms with Crippen LogP contribution in [0, 0.1) is 0 Å². The van der Waals surface area contributed by atoms with E-state index in [1.807, 2.05) is 0 Å². The SMILES string of the molecule is ClC1=C(Cl)C(Cl)(Cl)C(Cl)(Cl)C2(Cl)OC3(Cl)C(=C12)C1(Cl)CC1(Cl)C1(Cl)CC31Cl. The van der Waals surface area contributed by atoms with E-state index >= 15 is 0 Å². The van der Waals surface area contributed by atoms with Crippen molar-refractivity contribution in [2.45, 2.75) is 51.1 Å². The molecule has 6 unspecified atom stereocenters. The van der Waals surface area contributed by atoms with Crippen LogP contribution in [-0.4, -0.2) is 38.3 Å². The molecule has 1 aliphatic heterocycles. The van der Waals surface area contributed by atoms with Crippen LogP contribution in [0.1, 0.15) is 12.8 Å². The van der Waals surface area contributed by atoms with Crippen molar-refractivity contribution in [2.75, 3.05) is 0 Å². The summed E-state index contributed by atoms with van der Waals surface area (Å²) < 4.78 is 1.68. The van der Waals surface area contributed by atoms with Gasteiger partial charge in [0.25, 0.3) is 0 Å². The van der Waals surface area contributed by atoms with Gasteiger partial charge in [-0.25, -0.2) is 0 Å². The van der Waals surface area contributed by atoms with Crippen molar-refractivity contribution < 1.29 is 4.74 Å². The predicted molar refractivity (Wildman–Crippen MR) is 116 cm³/mol. The predicted octanol–water partition coefficient (Wildman–Crippen LogP) is 7.97. The fraction of sp³-hybridized carbons (Fsp3) is 0.714. The van der Waals surface area contributed by atoms with E-state index in [9.17, 15) is 0 Å². The van der Waals surface area contributed by atoms with E-state index in [1.54, 1.807) is 0 Å². The zero-order chi connectivity index (χ0) is 20.4. The Morgan fingerprint density at radius 2 is 1.22 bits per heavy atom. The molecular formula is C14H4Cl12O. The van der Waals surface area contributed by atoms with Crippen LogP contribution in [0.15, 0.2) is 21.2 Å². The van der Waals surface area contributed by atoms with E-state index in [0.29, 0.717) is 0 Å². The average Bonchev–Trinajstić information content (AvgIpc) is 3.28. The van der Waals surface area contributed by atoms with Crippen LogP contribution in [0.25, 0.3) is 0 Å². The first-order valence-electron chi connectivity index (χ1n) is 7.34. The zero-order valence-electron chi connectivity index (χ0n) is 12.4. The van der Waals surface area contributed by atoms with Gasteiger partial charge in [-0.2, -0.15) is 0 Å². The Hall–Kier alpha value is 2.92. The fourth-order valence-corrected chi connectivity index (χ4v) is 9.99. The van der Waals surface area contributed by atoms with Crippen LogP contribution in [0.3, 0.4) is 0 Å². The largest absolute Gasteiger partial charge is 0.324 e. The molecule has 0 spiro atoms. The summed E-state index contributed by atoms with van der Waals surface area (Å²) in [5.41, 5.74) is 0.278. The number of halogens is 12. The van der Waals surface area contributed by atoms with Gasteiger partial charge in [0.05, 0.1) is 24.7 Å². The Balaban J connectivity index is 1.90. The molecule has 0 radical (unpaired) electrons. The molecule has 3 fully saturated rings. The smallest absolute Gasteiger partial charge is 0.207 e. The second kappa shape index (κ2) is 5.19. The minimum absolute atomic E-state index is 0.0518. The van der Waals surface area contributed by atoms with Crippen LogP contribution in [-0.2, 0) is 4.74 Å². The van der Waals surface area contributed by atoms with Crippen LogP contribution in [0.2, 0.25) is 0 Å². The van der Waals surface area contributed by atoms with Gasteiger partial charge in [0.1, 0.15) is 4.87 Å². The lowest BCUT2D eigenvalue weighted by molar-refractivity contribution is -0.0234. The van der Waals surface area contributed by atoms with Crippen molar-refractivity contribution >= 4 is 139 Å². The first-order valence-corrected chi connectivity index (χ1v) is 11.9. The summed E-state index contributed by atoms with van der Waals surface area (Å²) in [5, 5.41) is -4.34. The normalized spacial score (nSPS) is 59.1. The molecule has 5 rings (SSSR count). The van der Waals surface area contributed by atoms with Crippen molar-refractivity contribution in [1.29, 1.82) is 0 Å². The molecule has 0 amide bonds. The number of hydrogen-bond donors (Lipinski definition) is 0. The second-order valence-electron chi connectivity index (χ2n) is 7.38. The highest BCUT2D eigenvalue weighted by Crippen LogP contribution is 2.91. The number of alkyl halides is 10. The van der Waals surface area contributed by atoms with E-state index in [0.717, 1.165) is 0 Å². The van der Waals surface area contributed by atoms with Gasteiger partial charge in [-0.05, 0) is 12.8 Å². The van der Waals surface area contributed by atoms with Crippen LogP contribution in [0.4, 0.5) is 0 Å². The Morgan fingerprint density at radius 1 is 0.667 bits per heavy atom. The topological polar surface area (TPSA) is 9.23 Å². The van der Waals surface area contributed by atoms with Gasteiger partial charge >= 0.3 is 0 Å². The standard InChI is InChI=1S/C14H4Cl12O/c15-4-3-5-7(17)1-8(7,18)9(19)2-10(9,20)13(5,24)27-12(3,23)14(25,26)11(21,22)6(4)16/h1-2H2. The molecule has 0 aromatic carbocycles. The Labute approximate surface area is 214 Å². The quantitative estimate of drug-likeness (QED) is 0.252. The van der Waals surface area contributed by atoms with Crippen LogP contribution >= 0.6 is 139 Å². The lowest BCUT2D eigenvalue weighted by atomic mass is 9.84. The number of ether oxygens (including phenoxy) is 1. The summed E-state index contributed by atoms with van der Waals surface area (Å²) >= 11 is 79.3. The molecule has 5 aliphatic rings. The Morgan fingerprint density at radius 3 is 1.78 bits per heavy atom. The molecule has 150 valence electrons. The van der Waals surface area contributed by atoms with Gasteiger partial charge in [0.2, 0.25) is 9.39 Å². The number of hydrogen-bond acceptors (Lipinski definition) is 1. The van der Waals surface area contributed by atoms with Crippen molar-refractivity contribution in [3.63, 3.8) is 0 Å². The molecule has 27 heavy (non-hydrogen) atoms. The third-order valence-electron chi connectivity index (χ3n) is 6.18. The van der Waals surface area contributed by atoms with Crippen molar-refractivity contribution in [3.8, 4) is 0 Å². The summed E-state index contributed by atoms with van der Waals surface area (Å²) in [7, 11) is 0. The minimum atomic E-state index is -2.23. The van der Waals surface area contributed by atoms with Gasteiger partial charge in [-0.15, -0.1) is 46.4 Å². The molecule has 1 nitrogen and oxygen atoms in total. The summed E-state index contributed by atoms with van der Waals surface area (Å²) in [5.74, 6) is 0. The second-order valence-corrected chi connectivity index (χ2v) is 14.4. The molecule has 1 heterocycles. The highest BCUT2D eigenvalue weighted by Gasteiger charge is 3.00. The van der Waals surface area contributed by atoms with Crippen molar-refractivity contribution in [3.05, 3.63) is 21.2 Å². The summed E-state index contributed by atoms with van der Waals surface area (Å²) in [6.45, 7) is 0. The first kappa shape index (κ1) is 21.7. The Bertz CT molecular complexity index is 912. The van der Waals surface area contributed by atoms with Crippen molar-refractivity contribution in [1.82, 2.24) is 0 Å². The summed E-state index contributed by atoms with van der Waals surface area (Å²) in [4.78, 5) is -4.84. The average molecular weight is 614 g/mol. The number of fused-ring (bicyclic) bond motifs is 7. The maximum Gasteiger partial charge on any atom is 0.207 e. The molecule has 0 saturated heterocycles. The monoisotopic (exact) mass is 608 g/mol. The van der Waals surface area contributed by atoms with Gasteiger partial charge in [-0.1, -0.05) is 92.8 Å². The van der Waals surface area contributed by atoms with E-state index in [2.05, 4.69) is 0 Å². The van der Waals surface area contributed by atoms with E-state index in [-0.39, 0.29) is 34.1 Å². The number of allylic oxidation sites excluding steroid dienone is 1. The maximum atomic E-state index is 6.91. The lowest BCUT2D eigenvalue weighted by Crippen LogP contribution is -2.59. The first-order chi connectivity index (χ1) is 11.9. The van der Waals surface area contributed by atoms with E-state index in [1.165, 1.54) is 0 Å². The van der Waals surface area contributed by atoms with E-state index < -0.39 is 38.3 Å². The van der Waals surface area contributed by atoms with Crippen LogP contribution in [0.5, 0.6) is 0 Å². The third-order valence-corrected chi connectivity index (χ3v) is 14.4. The molecule has 6 atom stereocenters. The molecule has 0 aromatic heterocycles. The molecule has 0 aromatic rings. The summed E-state index contributed by atoms with van der Waals surface area (Å²) in [6, 6.07) is 0.